The number of anilines is 2. The third-order valence-electron chi connectivity index (χ3n) is 28.1. The summed E-state index contributed by atoms with van der Waals surface area (Å²) in [6, 6.07) is 8.62. The van der Waals surface area contributed by atoms with Gasteiger partial charge in [-0.1, -0.05) is 89.6 Å². The fraction of sp³-hybridized carbons (Fsp3) is 0.745. The molecule has 19 rings (SSSR count). The minimum absolute atomic E-state index is 0.0438. The van der Waals surface area contributed by atoms with E-state index in [2.05, 4.69) is 44.8 Å². The molecule has 0 radical (unpaired) electrons. The van der Waals surface area contributed by atoms with Gasteiger partial charge in [-0.2, -0.15) is 61.5 Å². The van der Waals surface area contributed by atoms with Crippen LogP contribution in [0.1, 0.15) is 256 Å². The van der Waals surface area contributed by atoms with E-state index in [1.807, 2.05) is 106 Å². The summed E-state index contributed by atoms with van der Waals surface area (Å²) >= 11 is 17.9. The maximum Gasteiger partial charge on any atom is 0.493 e. The molecule has 42 nitrogen and oxygen atoms in total. The number of nitrogens with one attached hydrogen (secondary N) is 3. The lowest BCUT2D eigenvalue weighted by atomic mass is 9.60. The summed E-state index contributed by atoms with van der Waals surface area (Å²) < 4.78 is 169. The fourth-order valence-electron chi connectivity index (χ4n) is 20.8. The number of carbonyl (C=O) groups is 6. The number of halogens is 6. The third-order valence-corrected chi connectivity index (χ3v) is 34.1. The van der Waals surface area contributed by atoms with E-state index >= 15 is 0 Å². The van der Waals surface area contributed by atoms with Gasteiger partial charge in [0.05, 0.1) is 0 Å². The molecule has 0 atom stereocenters. The molecule has 5 spiro atoms. The highest BCUT2D eigenvalue weighted by atomic mass is 35.5. The van der Waals surface area contributed by atoms with Gasteiger partial charge in [-0.05, 0) is 228 Å². The number of carbonyl (C=O) groups excluding carboxylic acids is 5. The number of Topliss-reactive ketones (excluding diaryl/α,β-unsaturated/α-hetero) is 1. The van der Waals surface area contributed by atoms with Gasteiger partial charge in [0.15, 0.2) is 29.4 Å². The van der Waals surface area contributed by atoms with Gasteiger partial charge in [-0.25, -0.2) is 58.0 Å². The lowest BCUT2D eigenvalue weighted by molar-refractivity contribution is -0.511. The lowest BCUT2D eigenvalue weighted by Gasteiger charge is -2.61. The topological polar surface area (TPSA) is 519 Å². The average molecular weight is 2200 g/mol. The Morgan fingerprint density at radius 1 is 0.521 bits per heavy atom. The fourth-order valence-corrected chi connectivity index (χ4v) is 26.3. The first-order valence-corrected chi connectivity index (χ1v) is 56.3. The molecule has 818 valence electrons. The van der Waals surface area contributed by atoms with Crippen LogP contribution in [-0.2, 0) is 74.1 Å². The second-order valence-corrected chi connectivity index (χ2v) is 54.1. The Kier molecular flexibility index (Phi) is 34.9. The minimum Gasteiger partial charge on any atom is -0.594 e. The average Bonchev–Trinajstić information content (AvgIpc) is 1.11. The van der Waals surface area contributed by atoms with Crippen LogP contribution < -0.4 is 44.5 Å². The summed E-state index contributed by atoms with van der Waals surface area (Å²) in [5.74, 6) is -1.54. The summed E-state index contributed by atoms with van der Waals surface area (Å²) in [4.78, 5) is 85.1. The van der Waals surface area contributed by atoms with Gasteiger partial charge in [0.2, 0.25) is 0 Å². The number of fused-ring (bicyclic) bond motifs is 2. The second-order valence-electron chi connectivity index (χ2n) is 47.0. The number of alkyl halides is 3. The van der Waals surface area contributed by atoms with Crippen LogP contribution >= 0.6 is 34.8 Å². The minimum atomic E-state index is -5.08. The molecule has 5 saturated heterocycles. The zero-order valence-electron chi connectivity index (χ0n) is 86.7. The van der Waals surface area contributed by atoms with Crippen LogP contribution in [-0.4, -0.2) is 300 Å². The molecule has 0 bridgehead atoms. The molecular weight excluding hydrogens is 2050 g/mol. The standard InChI is InChI=1S/C20H35N3O6S.C17H23ClN6O2S.C15H26N2O2.C12H19N3O4S.C11H17NO3.C10H19N3O2S.C7H5Cl2N3.C2HF3O2/c1-18(2,3)28-16(24)21-30(26,27)23(14-8-7-9-14)15-10-20(11-15)12-22(13-20)17(25)29-19(4,5)6;1-11-5-14(18)23-15(11)16(20-10-21-23)22-8-17(9-22)6-13(7-17)24(27(19,25)26)12-3-2-4-12;1-14(2,3)19-13(18)17-9-15(10-17)7-12(8-15)16-11-5-4-6-11;1-12(2,3)19-11(16)13-20(17,18)15-8-6-10(7-9-15)14(4)5;1-10(2,3)15-9(14)12-6-11(7-12)4-8(13)5-11;11-16(14,15)13(8-2-1-3-8)9-4-10(5-9)6-12-7-10;1-4-2-5(8)12-6(4)7(9)10-3-11-12;3-2(4,5)1(6)7/h14-15H,7-13H2,1-6H3,(H,21,24);5,10,12-13H,2-4,6-9H2,1H3,(H2,19,25,26);11-12,16H,4-10H2,1-3H3;6-9H,1-5H3;4-7H2,1-3H3;8-9,12H,1-7H2,(H2,11,14,15);2-3H,1H3;(H,6,7). The van der Waals surface area contributed by atoms with E-state index in [1.165, 1.54) is 61.5 Å². The molecule has 14 fully saturated rings. The van der Waals surface area contributed by atoms with E-state index in [9.17, 15) is 75.9 Å². The Balaban J connectivity index is 0.000000152. The predicted molar refractivity (Wildman–Crippen MR) is 538 cm³/mol. The first kappa shape index (κ1) is 116. The smallest absolute Gasteiger partial charge is 0.493 e. The number of amides is 4. The molecule has 4 amide bonds. The summed E-state index contributed by atoms with van der Waals surface area (Å²) in [5.41, 5.74) is 2.69. The van der Waals surface area contributed by atoms with Gasteiger partial charge in [0.25, 0.3) is 20.4 Å². The third kappa shape index (κ3) is 29.5. The lowest BCUT2D eigenvalue weighted by Crippen LogP contribution is -2.70. The molecule has 10 heterocycles. The summed E-state index contributed by atoms with van der Waals surface area (Å²) in [7, 11) is -11.6. The Hall–Kier alpha value is -8.34. The molecular formula is C94H145Cl3F3N21O21S4. The van der Waals surface area contributed by atoms with Crippen molar-refractivity contribution in [3.63, 3.8) is 0 Å². The summed E-state index contributed by atoms with van der Waals surface area (Å²) in [6.45, 7) is 38.9. The van der Waals surface area contributed by atoms with Gasteiger partial charge in [0, 0.05) is 186 Å². The van der Waals surface area contributed by atoms with E-state index in [0.29, 0.717) is 90.0 Å². The van der Waals surface area contributed by atoms with Crippen molar-refractivity contribution < 1.29 is 113 Å². The molecule has 9 saturated carbocycles. The second kappa shape index (κ2) is 43.8. The number of carboxylic acids is 1. The number of aliphatic carboxylic acids is 1. The Bertz CT molecular complexity index is 6030. The number of aromatic nitrogens is 7. The normalized spacial score (nSPS) is 21.9. The van der Waals surface area contributed by atoms with E-state index < -0.39 is 87.6 Å². The van der Waals surface area contributed by atoms with Crippen molar-refractivity contribution in [1.82, 2.24) is 72.2 Å². The molecule has 5 aromatic heterocycles. The molecule has 5 aromatic rings. The number of hydrogen-bond acceptors (Lipinski definition) is 28. The predicted octanol–water partition coefficient (Wildman–Crippen LogP) is 11.3. The SMILES string of the molecule is CC(C)(C)OC(=O)N1CC2(CC(=O)C2)C1.CC(C)(C)OC(=O)N1CC2(CC(NC3CCC3)C2)C1.CC(C)(C)OC(=O)NS(=O)(=O)N(C1CCC1)C1CC2(C1)CN(C(=O)OC(C)(C)C)C2.CN(C)c1cc[n+](S(=O)(=O)N=C([O-])OC(C)(C)C)cc1.Cc1cc(Cl)n2ncnc(Cl)c12.Cc1cc(Cl)n2ncnc(N3CC4(CC(N(C5CCC5)S(N)(=O)=O)C4)C3)c12.NS(=O)(=O)N(C1CCC1)C1CC2(CNC2)C1.O=C(O)C(F)(F)F. The van der Waals surface area contributed by atoms with Crippen LogP contribution in [0.3, 0.4) is 0 Å². The number of rotatable bonds is 16. The van der Waals surface area contributed by atoms with E-state index in [4.69, 9.17) is 78.7 Å². The van der Waals surface area contributed by atoms with Crippen molar-refractivity contribution in [2.24, 2.45) is 41.8 Å². The van der Waals surface area contributed by atoms with Crippen LogP contribution in [0.2, 0.25) is 15.5 Å². The summed E-state index contributed by atoms with van der Waals surface area (Å²) in [5, 5.41) is 46.1. The van der Waals surface area contributed by atoms with Gasteiger partial charge < -0.3 is 69.0 Å². The van der Waals surface area contributed by atoms with Gasteiger partial charge in [-0.3, -0.25) is 4.79 Å². The van der Waals surface area contributed by atoms with Crippen LogP contribution in [0.15, 0.2) is 53.7 Å². The molecule has 14 aliphatic rings. The van der Waals surface area contributed by atoms with Crippen molar-refractivity contribution in [2.75, 3.05) is 89.3 Å². The van der Waals surface area contributed by atoms with Crippen molar-refractivity contribution >= 4 is 140 Å². The Labute approximate surface area is 869 Å². The molecule has 8 N–H and O–H groups in total. The number of hydrogen-bond donors (Lipinski definition) is 6. The van der Waals surface area contributed by atoms with Crippen molar-refractivity contribution in [3.05, 3.63) is 75.9 Å². The van der Waals surface area contributed by atoms with Crippen LogP contribution in [0.25, 0.3) is 11.0 Å². The number of carboxylic acid groups (broad SMARTS) is 1. The maximum absolute atomic E-state index is 13.0. The molecule has 52 heteroatoms. The maximum atomic E-state index is 13.0. The quantitative estimate of drug-likeness (QED) is 0.0231. The highest BCUT2D eigenvalue weighted by Crippen LogP contribution is 2.56. The number of ketones is 1. The summed E-state index contributed by atoms with van der Waals surface area (Å²) in [6.07, 6.45) is 19.2. The number of aryl methyl sites for hydroxylation is 2. The van der Waals surface area contributed by atoms with E-state index in [-0.39, 0.29) is 76.4 Å². The number of likely N-dealkylation sites (tertiary alicyclic amines) is 3. The van der Waals surface area contributed by atoms with Gasteiger partial charge in [-0.15, -0.1) is 8.42 Å². The molecule has 0 aromatic carbocycles. The van der Waals surface area contributed by atoms with Crippen molar-refractivity contribution in [1.29, 1.82) is 0 Å². The first-order valence-electron chi connectivity index (χ1n) is 49.3. The first-order chi connectivity index (χ1) is 67.2. The number of nitrogens with zero attached hydrogens (tertiary/aromatic N) is 16. The molecule has 9 aliphatic carbocycles. The Morgan fingerprint density at radius 3 is 1.23 bits per heavy atom. The zero-order valence-corrected chi connectivity index (χ0v) is 92.2. The highest BCUT2D eigenvalue weighted by molar-refractivity contribution is 7.88. The highest BCUT2D eigenvalue weighted by Gasteiger charge is 2.62. The van der Waals surface area contributed by atoms with E-state index in [1.54, 1.807) is 87.2 Å². The van der Waals surface area contributed by atoms with Gasteiger partial charge in [0.1, 0.15) is 62.2 Å². The van der Waals surface area contributed by atoms with E-state index in [0.717, 1.165) is 166 Å². The number of pyridine rings is 1. The van der Waals surface area contributed by atoms with Crippen LogP contribution in [0.5, 0.6) is 0 Å². The largest absolute Gasteiger partial charge is 0.594 e. The Morgan fingerprint density at radius 2 is 0.884 bits per heavy atom. The number of ether oxygens (including phenoxy) is 5. The van der Waals surface area contributed by atoms with Crippen molar-refractivity contribution in [2.45, 2.75) is 341 Å². The molecule has 5 aliphatic heterocycles. The van der Waals surface area contributed by atoms with Crippen LogP contribution in [0.4, 0.5) is 43.9 Å². The van der Waals surface area contributed by atoms with Crippen LogP contribution in [0, 0.1) is 40.9 Å². The molecule has 146 heavy (non-hydrogen) atoms. The molecule has 0 unspecified atom stereocenters. The van der Waals surface area contributed by atoms with Crippen molar-refractivity contribution in [3.8, 4) is 0 Å². The number of nitrogens with two attached hydrogens (primary N) is 2. The monoisotopic (exact) mass is 2190 g/mol. The zero-order chi connectivity index (χ0) is 108. The van der Waals surface area contributed by atoms with Gasteiger partial charge >= 0.3 is 56.9 Å².